The third kappa shape index (κ3) is 7.92. The normalized spacial score (nSPS) is 16.4. The molecule has 1 aromatic carbocycles. The van der Waals surface area contributed by atoms with Crippen molar-refractivity contribution in [3.8, 4) is 17.9 Å². The maximum atomic E-state index is 12.5. The molecule has 0 saturated carbocycles. The highest BCUT2D eigenvalue weighted by Gasteiger charge is 2.20. The van der Waals surface area contributed by atoms with Crippen molar-refractivity contribution in [2.24, 2.45) is 5.92 Å². The van der Waals surface area contributed by atoms with Gasteiger partial charge in [-0.3, -0.25) is 5.32 Å². The Morgan fingerprint density at radius 3 is 2.79 bits per heavy atom. The monoisotopic (exact) mass is 467 g/mol. The topological polar surface area (TPSA) is 119 Å². The fraction of sp³-hybridized carbons (Fsp3) is 0.375. The second-order valence-electron chi connectivity index (χ2n) is 7.41. The molecule has 0 saturated heterocycles. The summed E-state index contributed by atoms with van der Waals surface area (Å²) in [5.41, 5.74) is 1.59. The zero-order chi connectivity index (χ0) is 24.2. The van der Waals surface area contributed by atoms with Gasteiger partial charge in [0.1, 0.15) is 11.8 Å². The summed E-state index contributed by atoms with van der Waals surface area (Å²) >= 11 is 0. The highest BCUT2D eigenvalue weighted by molar-refractivity contribution is 7.95. The molecule has 0 heterocycles. The Morgan fingerprint density at radius 2 is 2.15 bits per heavy atom. The van der Waals surface area contributed by atoms with E-state index in [1.54, 1.807) is 18.2 Å². The zero-order valence-corrected chi connectivity index (χ0v) is 19.9. The van der Waals surface area contributed by atoms with E-state index in [-0.39, 0.29) is 18.1 Å². The predicted molar refractivity (Wildman–Crippen MR) is 133 cm³/mol. The first-order valence-corrected chi connectivity index (χ1v) is 11.6. The number of rotatable bonds is 8. The van der Waals surface area contributed by atoms with Crippen LogP contribution in [0.15, 0.2) is 42.1 Å². The summed E-state index contributed by atoms with van der Waals surface area (Å²) in [6.07, 6.45) is 7.53. The van der Waals surface area contributed by atoms with Crippen LogP contribution in [0.2, 0.25) is 0 Å². The van der Waals surface area contributed by atoms with Crippen molar-refractivity contribution in [3.63, 3.8) is 0 Å². The van der Waals surface area contributed by atoms with E-state index in [1.165, 1.54) is 18.0 Å². The van der Waals surface area contributed by atoms with Gasteiger partial charge < -0.3 is 20.1 Å². The van der Waals surface area contributed by atoms with Crippen LogP contribution in [0.3, 0.4) is 0 Å². The molecular weight excluding hydrogens is 438 g/mol. The van der Waals surface area contributed by atoms with E-state index in [2.05, 4.69) is 27.9 Å². The van der Waals surface area contributed by atoms with Gasteiger partial charge in [0.15, 0.2) is 5.17 Å². The van der Waals surface area contributed by atoms with E-state index in [4.69, 9.17) is 20.0 Å². The van der Waals surface area contributed by atoms with E-state index in [0.29, 0.717) is 34.3 Å². The fourth-order valence-corrected chi connectivity index (χ4v) is 3.69. The van der Waals surface area contributed by atoms with Gasteiger partial charge in [0.25, 0.3) is 0 Å². The quantitative estimate of drug-likeness (QED) is 0.496. The van der Waals surface area contributed by atoms with Gasteiger partial charge in [0, 0.05) is 23.5 Å². The number of hydrogen-bond donors (Lipinski definition) is 3. The number of urea groups is 1. The van der Waals surface area contributed by atoms with Crippen molar-refractivity contribution < 1.29 is 14.3 Å². The largest absolute Gasteiger partial charge is 0.495 e. The van der Waals surface area contributed by atoms with Crippen LogP contribution in [0.25, 0.3) is 0 Å². The molecule has 1 aliphatic rings. The molecule has 0 fully saturated rings. The molecule has 174 valence electrons. The lowest BCUT2D eigenvalue weighted by atomic mass is 9.92. The number of nitriles is 2. The van der Waals surface area contributed by atoms with E-state index in [0.717, 1.165) is 12.8 Å². The maximum Gasteiger partial charge on any atom is 0.323 e. The molecule has 2 amide bonds. The molecule has 1 aliphatic carbocycles. The van der Waals surface area contributed by atoms with Crippen molar-refractivity contribution in [1.82, 2.24) is 10.6 Å². The smallest absolute Gasteiger partial charge is 0.323 e. The maximum absolute atomic E-state index is 12.5. The van der Waals surface area contributed by atoms with Gasteiger partial charge in [-0.05, 0) is 49.8 Å². The third-order valence-corrected chi connectivity index (χ3v) is 5.58. The number of carbonyl (C=O) groups is 1. The van der Waals surface area contributed by atoms with Crippen LogP contribution >= 0.6 is 10.9 Å². The molecule has 8 nitrogen and oxygen atoms in total. The molecule has 0 bridgehead atoms. The molecule has 0 radical (unpaired) electrons. The second kappa shape index (κ2) is 13.2. The molecule has 0 spiro atoms. The van der Waals surface area contributed by atoms with E-state index in [9.17, 15) is 4.79 Å². The minimum atomic E-state index is -0.398. The van der Waals surface area contributed by atoms with Crippen LogP contribution in [0.1, 0.15) is 38.7 Å². The van der Waals surface area contributed by atoms with Crippen LogP contribution in [-0.4, -0.2) is 36.3 Å². The molecule has 33 heavy (non-hydrogen) atoms. The number of hydrogen-bond acceptors (Lipinski definition) is 5. The lowest BCUT2D eigenvalue weighted by molar-refractivity contribution is 0.182. The zero-order valence-electron chi connectivity index (χ0n) is 19.1. The number of methoxy groups -OCH3 is 1. The molecule has 3 atom stereocenters. The lowest BCUT2D eigenvalue weighted by Crippen LogP contribution is -2.40. The number of ether oxygens (including phenoxy) is 2. The van der Waals surface area contributed by atoms with Crippen molar-refractivity contribution in [1.29, 1.82) is 10.5 Å². The van der Waals surface area contributed by atoms with Gasteiger partial charge in [0.2, 0.25) is 0 Å². The molecule has 9 heteroatoms. The average molecular weight is 468 g/mol. The second-order valence-corrected chi connectivity index (χ2v) is 8.06. The van der Waals surface area contributed by atoms with Crippen molar-refractivity contribution in [2.75, 3.05) is 12.4 Å². The SMILES string of the molecule is C=S=C(N[C@@H](C)C1C=C(NC(=O)Nc2ccc(C#N)c(OC)c2)C=CC1)O[C@@H](CC)CC#N. The van der Waals surface area contributed by atoms with Crippen LogP contribution in [0.4, 0.5) is 10.5 Å². The molecule has 0 aliphatic heterocycles. The molecule has 2 rings (SSSR count). The third-order valence-electron chi connectivity index (χ3n) is 5.10. The Morgan fingerprint density at radius 1 is 1.36 bits per heavy atom. The summed E-state index contributed by atoms with van der Waals surface area (Å²) in [6.45, 7) is 4.01. The highest BCUT2D eigenvalue weighted by Crippen LogP contribution is 2.23. The van der Waals surface area contributed by atoms with E-state index < -0.39 is 6.03 Å². The minimum Gasteiger partial charge on any atom is -0.495 e. The van der Waals surface area contributed by atoms with Crippen LogP contribution in [0, 0.1) is 28.6 Å². The summed E-state index contributed by atoms with van der Waals surface area (Å²) in [5, 5.41) is 27.5. The van der Waals surface area contributed by atoms with Gasteiger partial charge in [0.05, 0.1) is 31.3 Å². The number of anilines is 1. The number of amides is 2. The Labute approximate surface area is 198 Å². The van der Waals surface area contributed by atoms with E-state index in [1.807, 2.05) is 38.1 Å². The Balaban J connectivity index is 1.98. The Kier molecular flexibility index (Phi) is 10.4. The first-order valence-electron chi connectivity index (χ1n) is 10.6. The summed E-state index contributed by atoms with van der Waals surface area (Å²) in [4.78, 5) is 12.5. The van der Waals surface area contributed by atoms with Crippen LogP contribution < -0.4 is 20.7 Å². The number of allylic oxidation sites excluding steroid dienone is 2. The minimum absolute atomic E-state index is 0.0152. The first kappa shape index (κ1) is 25.9. The number of benzene rings is 1. The van der Waals surface area contributed by atoms with Gasteiger partial charge in [-0.1, -0.05) is 19.1 Å². The first-order chi connectivity index (χ1) is 15.9. The predicted octanol–water partition coefficient (Wildman–Crippen LogP) is 4.09. The van der Waals surface area contributed by atoms with Crippen molar-refractivity contribution in [3.05, 3.63) is 47.7 Å². The summed E-state index contributed by atoms with van der Waals surface area (Å²) in [5.74, 6) is 4.34. The molecular formula is C24H29N5O3S. The van der Waals surface area contributed by atoms with Gasteiger partial charge in [-0.25, -0.2) is 4.79 Å². The van der Waals surface area contributed by atoms with Crippen LogP contribution in [0.5, 0.6) is 5.75 Å². The highest BCUT2D eigenvalue weighted by atomic mass is 32.1. The standard InChI is InChI=1S/C24H29N5O3S/c1-5-21(11-12-25)32-24(33-4)27-16(2)17-7-6-8-19(13-17)28-23(30)29-20-10-9-18(15-26)22(14-20)31-3/h6,8-10,13-14,16-17,21,27H,4-5,7,11H2,1-3H3,(H2,28,29,30)/t16-,17?,21-/m0/s1. The van der Waals surface area contributed by atoms with Crippen molar-refractivity contribution in [2.45, 2.75) is 45.3 Å². The Bertz CT molecular complexity index is 1050. The molecule has 3 N–H and O–H groups in total. The van der Waals surface area contributed by atoms with Gasteiger partial charge in [-0.15, -0.1) is 10.9 Å². The lowest BCUT2D eigenvalue weighted by Gasteiger charge is -2.26. The van der Waals surface area contributed by atoms with Gasteiger partial charge >= 0.3 is 6.03 Å². The molecule has 1 unspecified atom stereocenters. The molecule has 0 aromatic heterocycles. The summed E-state index contributed by atoms with van der Waals surface area (Å²) in [6, 6.07) is 8.62. The van der Waals surface area contributed by atoms with Crippen LogP contribution in [-0.2, 0) is 4.74 Å². The van der Waals surface area contributed by atoms with E-state index >= 15 is 0 Å². The molecule has 1 aromatic rings. The Hall–Kier alpha value is -3.37. The fourth-order valence-electron chi connectivity index (χ4n) is 3.22. The van der Waals surface area contributed by atoms with Crippen molar-refractivity contribution >= 4 is 33.7 Å². The number of nitrogens with zero attached hydrogens (tertiary/aromatic N) is 2. The summed E-state index contributed by atoms with van der Waals surface area (Å²) in [7, 11) is 2.70. The average Bonchev–Trinajstić information content (AvgIpc) is 2.82. The summed E-state index contributed by atoms with van der Waals surface area (Å²) < 4.78 is 11.1. The van der Waals surface area contributed by atoms with Gasteiger partial charge in [-0.2, -0.15) is 10.5 Å². The number of nitrogens with one attached hydrogen (secondary N) is 3. The number of carbonyl (C=O) groups excluding carboxylic acids is 1.